The molecule has 0 unspecified atom stereocenters. The number of piperidine rings is 1. The lowest BCUT2D eigenvalue weighted by atomic mass is 9.71. The molecule has 21 nitrogen and oxygen atoms in total. The predicted octanol–water partition coefficient (Wildman–Crippen LogP) is 8.09. The van der Waals surface area contributed by atoms with Gasteiger partial charge in [0.15, 0.2) is 34.7 Å². The Balaban J connectivity index is 0.643. The number of piperazine rings is 1. The fourth-order valence-corrected chi connectivity index (χ4v) is 13.7. The number of nitrogens with one attached hydrogen (secondary N) is 5. The molecule has 4 aromatic heterocycles. The lowest BCUT2D eigenvalue weighted by Gasteiger charge is -2.46. The molecule has 2 amide bonds. The lowest BCUT2D eigenvalue weighted by molar-refractivity contribution is -0.131. The number of pyridine rings is 2. The number of morpholine rings is 1. The van der Waals surface area contributed by atoms with Crippen molar-refractivity contribution in [2.75, 3.05) is 125 Å². The van der Waals surface area contributed by atoms with Crippen LogP contribution in [0.25, 0.3) is 22.8 Å². The van der Waals surface area contributed by atoms with Gasteiger partial charge in [-0.2, -0.15) is 0 Å². The summed E-state index contributed by atoms with van der Waals surface area (Å²) in [5.41, 5.74) is 14.5. The van der Waals surface area contributed by atoms with Crippen molar-refractivity contribution in [3.05, 3.63) is 114 Å². The van der Waals surface area contributed by atoms with Crippen LogP contribution in [0.15, 0.2) is 91.3 Å². The normalized spacial score (nSPS) is 21.1. The summed E-state index contributed by atoms with van der Waals surface area (Å²) in [5.74, 6) is 0.937. The molecule has 13 rings (SSSR count). The van der Waals surface area contributed by atoms with Crippen LogP contribution >= 0.6 is 0 Å². The average molecular weight is 1170 g/mol. The first kappa shape index (κ1) is 57.7. The molecule has 9 heterocycles. The fraction of sp³-hybridized carbons (Fsp3) is 0.508. The van der Waals surface area contributed by atoms with Crippen LogP contribution in [0.5, 0.6) is 0 Å². The second kappa shape index (κ2) is 25.9. The van der Waals surface area contributed by atoms with E-state index in [4.69, 9.17) is 44.9 Å². The Morgan fingerprint density at radius 1 is 0.593 bits per heavy atom. The molecule has 2 saturated carbocycles. The number of hydrogen-bond acceptors (Lipinski definition) is 19. The highest BCUT2D eigenvalue weighted by Gasteiger charge is 2.43. The van der Waals surface area contributed by atoms with Crippen molar-refractivity contribution in [1.82, 2.24) is 49.9 Å². The van der Waals surface area contributed by atoms with Crippen molar-refractivity contribution in [1.29, 1.82) is 0 Å². The molecule has 5 aliphatic heterocycles. The number of hydrogen-bond donors (Lipinski definition) is 6. The van der Waals surface area contributed by atoms with E-state index in [0.29, 0.717) is 69.6 Å². The van der Waals surface area contributed by atoms with Crippen LogP contribution in [0, 0.1) is 10.8 Å². The van der Waals surface area contributed by atoms with Gasteiger partial charge in [-0.15, -0.1) is 0 Å². The summed E-state index contributed by atoms with van der Waals surface area (Å²) in [6.07, 6.45) is 14.8. The minimum atomic E-state index is -0.666. The maximum atomic E-state index is 14.6. The molecule has 86 heavy (non-hydrogen) atoms. The average Bonchev–Trinajstić information content (AvgIpc) is 3.73. The van der Waals surface area contributed by atoms with Gasteiger partial charge in [0.1, 0.15) is 11.4 Å². The van der Waals surface area contributed by atoms with E-state index in [1.54, 1.807) is 12.4 Å². The van der Waals surface area contributed by atoms with E-state index >= 15 is 0 Å². The number of carbonyl (C=O) groups is 2. The highest BCUT2D eigenvalue weighted by atomic mass is 16.5. The first-order valence-electron chi connectivity index (χ1n) is 31.3. The molecular weight excluding hydrogens is 1080 g/mol. The Morgan fingerprint density at radius 3 is 1.69 bits per heavy atom. The maximum absolute atomic E-state index is 14.6. The molecule has 0 bridgehead atoms. The third-order valence-corrected chi connectivity index (χ3v) is 19.1. The van der Waals surface area contributed by atoms with Gasteiger partial charge in [0, 0.05) is 117 Å². The Labute approximate surface area is 504 Å². The number of ether oxygens (including phenoxy) is 3. The van der Waals surface area contributed by atoms with E-state index in [1.807, 2.05) is 36.4 Å². The SMILES string of the molecule is CCc1cc(Nc2nc(NC3CCC4(CC3)COC4)c(-c3ccccn3)nc2C(N)=O)ccc1N1CCC(N2CCN(CNC(=O)c3nc(-c4ccccn4)c(NC4CCC5(CC4)COC5)nc3Nc3ccc(CN4CCOCC4)cc3)CC2)CC1. The Bertz CT molecular complexity index is 3290. The van der Waals surface area contributed by atoms with Gasteiger partial charge in [0.05, 0.1) is 57.7 Å². The predicted molar refractivity (Wildman–Crippen MR) is 333 cm³/mol. The number of anilines is 7. The minimum Gasteiger partial charge on any atom is -0.380 e. The van der Waals surface area contributed by atoms with Gasteiger partial charge < -0.3 is 51.4 Å². The van der Waals surface area contributed by atoms with E-state index < -0.39 is 5.91 Å². The van der Waals surface area contributed by atoms with E-state index in [2.05, 4.69) is 101 Å². The number of aryl methyl sites for hydroxylation is 1. The molecular formula is C65H82N16O5. The van der Waals surface area contributed by atoms with Crippen LogP contribution in [0.1, 0.15) is 103 Å². The number of rotatable bonds is 19. The van der Waals surface area contributed by atoms with Crippen molar-refractivity contribution >= 4 is 52.1 Å². The zero-order valence-electron chi connectivity index (χ0n) is 49.6. The molecule has 0 atom stereocenters. The summed E-state index contributed by atoms with van der Waals surface area (Å²) in [7, 11) is 0. The Hall–Kier alpha value is -7.40. The second-order valence-corrected chi connectivity index (χ2v) is 24.9. The summed E-state index contributed by atoms with van der Waals surface area (Å²) < 4.78 is 16.8. The number of nitrogens with two attached hydrogens (primary N) is 1. The van der Waals surface area contributed by atoms with Gasteiger partial charge in [-0.3, -0.25) is 34.3 Å². The Morgan fingerprint density at radius 2 is 1.15 bits per heavy atom. The van der Waals surface area contributed by atoms with Gasteiger partial charge in [-0.1, -0.05) is 31.2 Å². The summed E-state index contributed by atoms with van der Waals surface area (Å²) in [4.78, 5) is 67.0. The summed E-state index contributed by atoms with van der Waals surface area (Å²) in [6, 6.07) is 27.1. The number of carbonyl (C=O) groups excluding carboxylic acids is 2. The zero-order valence-corrected chi connectivity index (χ0v) is 49.6. The molecule has 7 N–H and O–H groups in total. The third kappa shape index (κ3) is 13.1. The summed E-state index contributed by atoms with van der Waals surface area (Å²) >= 11 is 0. The number of primary amides is 1. The number of aromatic nitrogens is 6. The van der Waals surface area contributed by atoms with Crippen LogP contribution < -0.4 is 37.2 Å². The maximum Gasteiger partial charge on any atom is 0.274 e. The molecule has 6 aromatic rings. The van der Waals surface area contributed by atoms with Crippen molar-refractivity contribution < 1.29 is 23.8 Å². The van der Waals surface area contributed by atoms with Gasteiger partial charge in [0.2, 0.25) is 0 Å². The smallest absolute Gasteiger partial charge is 0.274 e. The second-order valence-electron chi connectivity index (χ2n) is 24.9. The fourth-order valence-electron chi connectivity index (χ4n) is 13.7. The van der Waals surface area contributed by atoms with Crippen LogP contribution in [0.3, 0.4) is 0 Å². The monoisotopic (exact) mass is 1170 g/mol. The molecule has 7 fully saturated rings. The van der Waals surface area contributed by atoms with Gasteiger partial charge >= 0.3 is 0 Å². The molecule has 2 aromatic carbocycles. The van der Waals surface area contributed by atoms with E-state index in [1.165, 1.54) is 16.8 Å². The van der Waals surface area contributed by atoms with Crippen LogP contribution in [0.2, 0.25) is 0 Å². The van der Waals surface area contributed by atoms with Gasteiger partial charge in [0.25, 0.3) is 11.8 Å². The first-order valence-corrected chi connectivity index (χ1v) is 31.3. The van der Waals surface area contributed by atoms with Crippen molar-refractivity contribution in [2.45, 2.75) is 102 Å². The lowest BCUT2D eigenvalue weighted by Crippen LogP contribution is -2.55. The number of benzene rings is 2. The van der Waals surface area contributed by atoms with E-state index in [9.17, 15) is 9.59 Å². The van der Waals surface area contributed by atoms with Crippen molar-refractivity contribution in [3.8, 4) is 22.8 Å². The minimum absolute atomic E-state index is 0.0621. The molecule has 2 aliphatic carbocycles. The van der Waals surface area contributed by atoms with Crippen LogP contribution in [-0.2, 0) is 27.2 Å². The highest BCUT2D eigenvalue weighted by Crippen LogP contribution is 2.45. The highest BCUT2D eigenvalue weighted by molar-refractivity contribution is 5.99. The van der Waals surface area contributed by atoms with Crippen LogP contribution in [-0.4, -0.2) is 173 Å². The first-order chi connectivity index (χ1) is 42.1. The molecule has 7 aliphatic rings. The zero-order chi connectivity index (χ0) is 58.5. The van der Waals surface area contributed by atoms with E-state index in [0.717, 1.165) is 181 Å². The quantitative estimate of drug-likeness (QED) is 0.0449. The summed E-state index contributed by atoms with van der Waals surface area (Å²) in [5, 5.41) is 17.7. The topological polar surface area (TPSA) is 238 Å². The largest absolute Gasteiger partial charge is 0.380 e. The van der Waals surface area contributed by atoms with Crippen LogP contribution in [0.4, 0.5) is 40.3 Å². The molecule has 5 saturated heterocycles. The van der Waals surface area contributed by atoms with E-state index in [-0.39, 0.29) is 29.4 Å². The summed E-state index contributed by atoms with van der Waals surface area (Å²) in [6.45, 7) is 15.5. The van der Waals surface area contributed by atoms with Crippen molar-refractivity contribution in [3.63, 3.8) is 0 Å². The molecule has 452 valence electrons. The number of amides is 2. The Kier molecular flexibility index (Phi) is 17.4. The third-order valence-electron chi connectivity index (χ3n) is 19.1. The standard InChI is InChI=1S/C65H82N16O5/c1-2-45-37-49(73-61-56(58(66)82)74-54(51-7-3-5-25-67-51)59(76-61)71-47-15-21-64(22-16-47)39-85-40-64)13-14-53(45)81-27-19-50(20-28-81)80-31-29-79(30-32-80)43-69-63(83)57-62(70-46-11-9-44(10-12-46)38-78-33-35-84-36-34-78)77-60(55(75-57)52-8-4-6-26-68-52)72-48-17-23-65(24-18-48)41-86-42-65/h3-14,25-26,37,47-48,50H,2,15-24,27-36,38-43H2,1H3,(H2,66,82)(H,69,83)(H2,70,72,77)(H2,71,73,76). The number of nitrogens with zero attached hydrogens (tertiary/aromatic N) is 10. The van der Waals surface area contributed by atoms with Gasteiger partial charge in [-0.05, 0) is 136 Å². The molecule has 21 heteroatoms. The molecule has 0 radical (unpaired) electrons. The molecule has 2 spiro atoms. The van der Waals surface area contributed by atoms with Crippen molar-refractivity contribution in [2.24, 2.45) is 16.6 Å². The van der Waals surface area contributed by atoms with Gasteiger partial charge in [-0.25, -0.2) is 19.9 Å².